The average Bonchev–Trinajstić information content (AvgIpc) is 3.20. The Balaban J connectivity index is 1.40. The van der Waals surface area contributed by atoms with E-state index in [9.17, 15) is 9.59 Å². The van der Waals surface area contributed by atoms with Crippen LogP contribution in [0, 0.1) is 0 Å². The van der Waals surface area contributed by atoms with Gasteiger partial charge in [-0.1, -0.05) is 41.7 Å². The molecule has 9 heteroatoms. The molecule has 0 unspecified atom stereocenters. The molecule has 0 aliphatic rings. The normalized spacial score (nSPS) is 10.2. The van der Waals surface area contributed by atoms with E-state index in [1.807, 2.05) is 30.3 Å². The number of benzene rings is 1. The number of carbonyl (C=O) groups excluding carboxylic acids is 2. The Morgan fingerprint density at radius 2 is 1.93 bits per heavy atom. The Bertz CT molecular complexity index is 869. The van der Waals surface area contributed by atoms with E-state index in [0.717, 1.165) is 6.42 Å². The SMILES string of the molecule is O=C(CNc1ccc(C(=O)Nc2nncs2)cn1)NCCc1ccccc1. The van der Waals surface area contributed by atoms with E-state index < -0.39 is 0 Å². The van der Waals surface area contributed by atoms with Crippen molar-refractivity contribution in [1.82, 2.24) is 20.5 Å². The summed E-state index contributed by atoms with van der Waals surface area (Å²) in [6, 6.07) is 13.2. The second-order valence-corrected chi connectivity index (χ2v) is 6.40. The monoisotopic (exact) mass is 382 g/mol. The zero-order chi connectivity index (χ0) is 18.9. The van der Waals surface area contributed by atoms with Crippen LogP contribution in [0.4, 0.5) is 10.9 Å². The fourth-order valence-electron chi connectivity index (χ4n) is 2.25. The van der Waals surface area contributed by atoms with Gasteiger partial charge in [-0.15, -0.1) is 10.2 Å². The summed E-state index contributed by atoms with van der Waals surface area (Å²) in [6.45, 7) is 0.681. The quantitative estimate of drug-likeness (QED) is 0.549. The van der Waals surface area contributed by atoms with Gasteiger partial charge in [0, 0.05) is 12.7 Å². The lowest BCUT2D eigenvalue weighted by Gasteiger charge is -2.08. The molecule has 0 radical (unpaired) electrons. The topological polar surface area (TPSA) is 109 Å². The largest absolute Gasteiger partial charge is 0.361 e. The maximum Gasteiger partial charge on any atom is 0.259 e. The van der Waals surface area contributed by atoms with Gasteiger partial charge in [-0.2, -0.15) is 0 Å². The number of rotatable bonds is 8. The van der Waals surface area contributed by atoms with E-state index in [1.165, 1.54) is 28.6 Å². The highest BCUT2D eigenvalue weighted by atomic mass is 32.1. The third-order valence-corrected chi connectivity index (χ3v) is 4.22. The van der Waals surface area contributed by atoms with Crippen molar-refractivity contribution >= 4 is 34.1 Å². The minimum atomic E-state index is -0.315. The molecule has 0 fully saturated rings. The maximum absolute atomic E-state index is 12.0. The summed E-state index contributed by atoms with van der Waals surface area (Å²) < 4.78 is 0. The first-order valence-corrected chi connectivity index (χ1v) is 9.17. The number of aromatic nitrogens is 3. The Labute approximate surface area is 160 Å². The molecule has 0 saturated carbocycles. The van der Waals surface area contributed by atoms with Crippen molar-refractivity contribution in [2.75, 3.05) is 23.7 Å². The lowest BCUT2D eigenvalue weighted by molar-refractivity contribution is -0.119. The van der Waals surface area contributed by atoms with Crippen molar-refractivity contribution in [2.24, 2.45) is 0 Å². The Kier molecular flexibility index (Phi) is 6.42. The van der Waals surface area contributed by atoms with Gasteiger partial charge < -0.3 is 10.6 Å². The molecular formula is C18H18N6O2S. The van der Waals surface area contributed by atoms with Crippen molar-refractivity contribution < 1.29 is 9.59 Å². The summed E-state index contributed by atoms with van der Waals surface area (Å²) in [5.41, 5.74) is 3.10. The van der Waals surface area contributed by atoms with Crippen LogP contribution in [0.25, 0.3) is 0 Å². The van der Waals surface area contributed by atoms with E-state index in [0.29, 0.717) is 23.1 Å². The molecule has 0 atom stereocenters. The fraction of sp³-hybridized carbons (Fsp3) is 0.167. The lowest BCUT2D eigenvalue weighted by Crippen LogP contribution is -2.31. The van der Waals surface area contributed by atoms with Crippen molar-refractivity contribution in [3.63, 3.8) is 0 Å². The molecule has 2 amide bonds. The molecule has 1 aromatic carbocycles. The molecular weight excluding hydrogens is 364 g/mol. The van der Waals surface area contributed by atoms with Crippen molar-refractivity contribution in [1.29, 1.82) is 0 Å². The number of nitrogens with zero attached hydrogens (tertiary/aromatic N) is 3. The van der Waals surface area contributed by atoms with E-state index in [1.54, 1.807) is 12.1 Å². The third-order valence-electron chi connectivity index (χ3n) is 3.61. The summed E-state index contributed by atoms with van der Waals surface area (Å²) in [5.74, 6) is 0.0796. The van der Waals surface area contributed by atoms with Gasteiger partial charge in [0.25, 0.3) is 5.91 Å². The van der Waals surface area contributed by atoms with E-state index in [4.69, 9.17) is 0 Å². The maximum atomic E-state index is 12.0. The van der Waals surface area contributed by atoms with Crippen molar-refractivity contribution in [2.45, 2.75) is 6.42 Å². The molecule has 3 N–H and O–H groups in total. The zero-order valence-corrected chi connectivity index (χ0v) is 15.2. The number of pyridine rings is 1. The Morgan fingerprint density at radius 3 is 2.63 bits per heavy atom. The third kappa shape index (κ3) is 5.86. The number of carbonyl (C=O) groups is 2. The van der Waals surface area contributed by atoms with Crippen molar-refractivity contribution in [3.8, 4) is 0 Å². The summed E-state index contributed by atoms with van der Waals surface area (Å²) in [6.07, 6.45) is 2.22. The highest BCUT2D eigenvalue weighted by molar-refractivity contribution is 7.13. The van der Waals surface area contributed by atoms with Gasteiger partial charge in [-0.25, -0.2) is 4.98 Å². The minimum Gasteiger partial charge on any atom is -0.361 e. The van der Waals surface area contributed by atoms with E-state index in [-0.39, 0.29) is 18.4 Å². The van der Waals surface area contributed by atoms with Crippen LogP contribution >= 0.6 is 11.3 Å². The van der Waals surface area contributed by atoms with Crippen LogP contribution in [0.15, 0.2) is 54.2 Å². The lowest BCUT2D eigenvalue weighted by atomic mass is 10.1. The van der Waals surface area contributed by atoms with Crippen molar-refractivity contribution in [3.05, 3.63) is 65.3 Å². The van der Waals surface area contributed by atoms with E-state index in [2.05, 4.69) is 31.1 Å². The summed E-state index contributed by atoms with van der Waals surface area (Å²) >= 11 is 1.23. The van der Waals surface area contributed by atoms with Gasteiger partial charge in [-0.05, 0) is 24.1 Å². The zero-order valence-electron chi connectivity index (χ0n) is 14.4. The van der Waals surface area contributed by atoms with Crippen LogP contribution in [0.2, 0.25) is 0 Å². The van der Waals surface area contributed by atoms with Gasteiger partial charge in [-0.3, -0.25) is 14.9 Å². The highest BCUT2D eigenvalue weighted by Gasteiger charge is 2.09. The molecule has 3 aromatic rings. The van der Waals surface area contributed by atoms with E-state index >= 15 is 0 Å². The first kappa shape index (κ1) is 18.5. The average molecular weight is 382 g/mol. The van der Waals surface area contributed by atoms with Crippen LogP contribution in [-0.4, -0.2) is 40.1 Å². The van der Waals surface area contributed by atoms with Crippen LogP contribution < -0.4 is 16.0 Å². The summed E-state index contributed by atoms with van der Waals surface area (Å²) in [5, 5.41) is 16.2. The number of hydrogen-bond donors (Lipinski definition) is 3. The standard InChI is InChI=1S/C18H18N6O2S/c25-16(19-9-8-13-4-2-1-3-5-13)11-21-15-7-6-14(10-20-15)17(26)23-18-24-22-12-27-18/h1-7,10,12H,8-9,11H2,(H,19,25)(H,20,21)(H,23,24,26). The molecule has 0 bridgehead atoms. The molecule has 0 spiro atoms. The van der Waals surface area contributed by atoms with Gasteiger partial charge in [0.1, 0.15) is 11.3 Å². The molecule has 27 heavy (non-hydrogen) atoms. The molecule has 0 saturated heterocycles. The minimum absolute atomic E-state index is 0.109. The predicted octanol–water partition coefficient (Wildman–Crippen LogP) is 1.96. The second-order valence-electron chi connectivity index (χ2n) is 5.57. The first-order chi connectivity index (χ1) is 13.2. The Morgan fingerprint density at radius 1 is 1.07 bits per heavy atom. The number of hydrogen-bond acceptors (Lipinski definition) is 7. The molecule has 2 heterocycles. The smallest absolute Gasteiger partial charge is 0.259 e. The number of amides is 2. The molecule has 138 valence electrons. The van der Waals surface area contributed by atoms with Crippen LogP contribution in [0.5, 0.6) is 0 Å². The number of anilines is 2. The van der Waals surface area contributed by atoms with Crippen LogP contribution in [0.3, 0.4) is 0 Å². The van der Waals surface area contributed by atoms with Gasteiger partial charge in [0.15, 0.2) is 0 Å². The highest BCUT2D eigenvalue weighted by Crippen LogP contribution is 2.11. The predicted molar refractivity (Wildman–Crippen MR) is 104 cm³/mol. The summed E-state index contributed by atoms with van der Waals surface area (Å²) in [7, 11) is 0. The van der Waals surface area contributed by atoms with Crippen LogP contribution in [-0.2, 0) is 11.2 Å². The molecule has 0 aliphatic carbocycles. The molecule has 8 nitrogen and oxygen atoms in total. The second kappa shape index (κ2) is 9.39. The molecule has 3 rings (SSSR count). The molecule has 2 aromatic heterocycles. The van der Waals surface area contributed by atoms with Gasteiger partial charge >= 0.3 is 0 Å². The summed E-state index contributed by atoms with van der Waals surface area (Å²) in [4.78, 5) is 28.1. The fourth-order valence-corrected chi connectivity index (χ4v) is 2.69. The Hall–Kier alpha value is -3.33. The van der Waals surface area contributed by atoms with Gasteiger partial charge in [0.05, 0.1) is 12.1 Å². The van der Waals surface area contributed by atoms with Crippen LogP contribution in [0.1, 0.15) is 15.9 Å². The number of nitrogens with one attached hydrogen (secondary N) is 3. The van der Waals surface area contributed by atoms with Gasteiger partial charge in [0.2, 0.25) is 11.0 Å². The first-order valence-electron chi connectivity index (χ1n) is 8.29. The molecule has 0 aliphatic heterocycles.